The summed E-state index contributed by atoms with van der Waals surface area (Å²) in [4.78, 5) is 37.5. The molecule has 0 aliphatic carbocycles. The Morgan fingerprint density at radius 3 is 2.18 bits per heavy atom. The molecule has 0 fully saturated rings. The van der Waals surface area contributed by atoms with Crippen LogP contribution in [0.5, 0.6) is 0 Å². The van der Waals surface area contributed by atoms with Gasteiger partial charge in [-0.3, -0.25) is 4.90 Å². The fraction of sp³-hybridized carbons (Fsp3) is 0.571. The predicted octanol–water partition coefficient (Wildman–Crippen LogP) is 3.71. The van der Waals surface area contributed by atoms with E-state index in [0.29, 0.717) is 6.29 Å². The third-order valence-electron chi connectivity index (χ3n) is 4.43. The minimum absolute atomic E-state index is 0.0393. The highest BCUT2D eigenvalue weighted by atomic mass is 16.6. The van der Waals surface area contributed by atoms with Gasteiger partial charge in [-0.1, -0.05) is 44.2 Å². The lowest BCUT2D eigenvalue weighted by Crippen LogP contribution is -2.63. The smallest absolute Gasteiger partial charge is 0.412 e. The summed E-state index contributed by atoms with van der Waals surface area (Å²) in [5.74, 6) is -2.37. The summed E-state index contributed by atoms with van der Waals surface area (Å²) in [6, 6.07) is 9.05. The number of benzene rings is 1. The van der Waals surface area contributed by atoms with Crippen molar-refractivity contribution < 1.29 is 29.0 Å². The molecule has 1 rings (SSSR count). The second-order valence-corrected chi connectivity index (χ2v) is 8.07. The Morgan fingerprint density at radius 2 is 1.75 bits per heavy atom. The Balaban J connectivity index is 3.40. The Morgan fingerprint density at radius 1 is 1.18 bits per heavy atom. The van der Waals surface area contributed by atoms with E-state index in [9.17, 15) is 19.5 Å². The van der Waals surface area contributed by atoms with Gasteiger partial charge < -0.3 is 19.4 Å². The predicted molar refractivity (Wildman–Crippen MR) is 105 cm³/mol. The van der Waals surface area contributed by atoms with E-state index in [1.807, 2.05) is 18.2 Å². The molecule has 7 nitrogen and oxygen atoms in total. The van der Waals surface area contributed by atoms with E-state index in [1.165, 1.54) is 7.05 Å². The Labute approximate surface area is 166 Å². The van der Waals surface area contributed by atoms with E-state index < -0.39 is 29.3 Å². The zero-order valence-corrected chi connectivity index (χ0v) is 17.5. The van der Waals surface area contributed by atoms with E-state index in [1.54, 1.807) is 46.8 Å². The summed E-state index contributed by atoms with van der Waals surface area (Å²) in [6.07, 6.45) is -0.261. The van der Waals surface area contributed by atoms with Crippen molar-refractivity contribution in [3.8, 4) is 0 Å². The molecule has 1 aromatic carbocycles. The van der Waals surface area contributed by atoms with Crippen molar-refractivity contribution in [1.29, 1.82) is 0 Å². The number of rotatable bonds is 9. The standard InChI is InChI=1S/C21H31NO6/c1-15(2)17(12-13-23)21(18(24)25,22(6)19(26)28-20(3,4)5)27-14-16-10-8-7-9-11-16/h7-11,13,15,17H,12,14H2,1-6H3,(H,24,25)/t17?,21-/m0/s1. The van der Waals surface area contributed by atoms with E-state index in [4.69, 9.17) is 9.47 Å². The number of aldehydes is 1. The highest BCUT2D eigenvalue weighted by Gasteiger charge is 2.54. The van der Waals surface area contributed by atoms with Crippen molar-refractivity contribution in [2.24, 2.45) is 11.8 Å². The molecular weight excluding hydrogens is 362 g/mol. The molecule has 1 amide bonds. The van der Waals surface area contributed by atoms with Crippen LogP contribution in [0.4, 0.5) is 4.79 Å². The first kappa shape index (κ1) is 23.6. The number of nitrogens with zero attached hydrogens (tertiary/aromatic N) is 1. The summed E-state index contributed by atoms with van der Waals surface area (Å²) in [7, 11) is 1.33. The molecule has 0 saturated carbocycles. The third kappa shape index (κ3) is 5.79. The summed E-state index contributed by atoms with van der Waals surface area (Å²) in [5, 5.41) is 10.2. The van der Waals surface area contributed by atoms with Gasteiger partial charge in [-0.15, -0.1) is 0 Å². The van der Waals surface area contributed by atoms with E-state index in [2.05, 4.69) is 0 Å². The van der Waals surface area contributed by atoms with Gasteiger partial charge in [0.2, 0.25) is 5.72 Å². The lowest BCUT2D eigenvalue weighted by Gasteiger charge is -2.44. The van der Waals surface area contributed by atoms with E-state index in [-0.39, 0.29) is 18.9 Å². The number of carboxylic acids is 1. The highest BCUT2D eigenvalue weighted by Crippen LogP contribution is 2.36. The molecule has 7 heteroatoms. The van der Waals surface area contributed by atoms with Crippen molar-refractivity contribution in [3.05, 3.63) is 35.9 Å². The van der Waals surface area contributed by atoms with Gasteiger partial charge in [0.05, 0.1) is 6.61 Å². The summed E-state index contributed by atoms with van der Waals surface area (Å²) in [5.41, 5.74) is -2.13. The molecule has 28 heavy (non-hydrogen) atoms. The van der Waals surface area contributed by atoms with Gasteiger partial charge in [0, 0.05) is 19.4 Å². The number of carbonyl (C=O) groups excluding carboxylic acids is 2. The van der Waals surface area contributed by atoms with Crippen LogP contribution in [0.1, 0.15) is 46.6 Å². The SMILES string of the molecule is CC(C)C(CC=O)[C@](OCc1ccccc1)(C(=O)O)N(C)C(=O)OC(C)(C)C. The number of hydrogen-bond donors (Lipinski definition) is 1. The molecule has 156 valence electrons. The van der Waals surface area contributed by atoms with Crippen LogP contribution in [0.25, 0.3) is 0 Å². The maximum absolute atomic E-state index is 12.7. The molecule has 1 N–H and O–H groups in total. The fourth-order valence-electron chi connectivity index (χ4n) is 3.04. The molecule has 1 aromatic rings. The fourth-order valence-corrected chi connectivity index (χ4v) is 3.04. The lowest BCUT2D eigenvalue weighted by atomic mass is 9.82. The van der Waals surface area contributed by atoms with E-state index in [0.717, 1.165) is 10.5 Å². The number of ether oxygens (including phenoxy) is 2. The highest BCUT2D eigenvalue weighted by molar-refractivity contribution is 5.83. The van der Waals surface area contributed by atoms with Gasteiger partial charge in [-0.25, -0.2) is 9.59 Å². The van der Waals surface area contributed by atoms with Crippen LogP contribution in [0.3, 0.4) is 0 Å². The topological polar surface area (TPSA) is 93.1 Å². The van der Waals surface area contributed by atoms with Gasteiger partial charge in [-0.05, 0) is 32.3 Å². The van der Waals surface area contributed by atoms with Gasteiger partial charge in [0.1, 0.15) is 11.9 Å². The van der Waals surface area contributed by atoms with Crippen molar-refractivity contribution in [2.75, 3.05) is 7.05 Å². The van der Waals surface area contributed by atoms with Crippen LogP contribution in [-0.4, -0.2) is 46.7 Å². The number of aliphatic carboxylic acids is 1. The molecule has 0 bridgehead atoms. The van der Waals surface area contributed by atoms with Gasteiger partial charge in [0.25, 0.3) is 0 Å². The van der Waals surface area contributed by atoms with E-state index >= 15 is 0 Å². The average Bonchev–Trinajstić information content (AvgIpc) is 2.59. The van der Waals surface area contributed by atoms with Crippen molar-refractivity contribution in [2.45, 2.75) is 59.0 Å². The monoisotopic (exact) mass is 393 g/mol. The zero-order chi connectivity index (χ0) is 21.5. The number of carboxylic acid groups (broad SMARTS) is 1. The molecule has 0 aromatic heterocycles. The van der Waals surface area contributed by atoms with Gasteiger partial charge in [0.15, 0.2) is 0 Å². The Kier molecular flexibility index (Phi) is 8.17. The van der Waals surface area contributed by atoms with Gasteiger partial charge in [-0.2, -0.15) is 0 Å². The maximum Gasteiger partial charge on any atom is 0.412 e. The molecule has 1 unspecified atom stereocenters. The second kappa shape index (κ2) is 9.68. The molecule has 0 aliphatic heterocycles. The van der Waals surface area contributed by atoms with Crippen LogP contribution in [-0.2, 0) is 25.7 Å². The number of likely N-dealkylation sites (N-methyl/N-ethyl adjacent to an activating group) is 1. The molecule has 0 saturated heterocycles. The first-order valence-electron chi connectivity index (χ1n) is 9.27. The Bertz CT molecular complexity index is 667. The zero-order valence-electron chi connectivity index (χ0n) is 17.5. The number of amides is 1. The van der Waals surface area contributed by atoms with Gasteiger partial charge >= 0.3 is 12.1 Å². The number of hydrogen-bond acceptors (Lipinski definition) is 5. The summed E-state index contributed by atoms with van der Waals surface area (Å²) in [6.45, 7) is 8.62. The van der Waals surface area contributed by atoms with Crippen LogP contribution >= 0.6 is 0 Å². The van der Waals surface area contributed by atoms with Crippen molar-refractivity contribution >= 4 is 18.3 Å². The average molecular weight is 393 g/mol. The molecule has 0 spiro atoms. The molecule has 0 radical (unpaired) electrons. The van der Waals surface area contributed by atoms with Crippen LogP contribution in [0, 0.1) is 11.8 Å². The lowest BCUT2D eigenvalue weighted by molar-refractivity contribution is -0.215. The largest absolute Gasteiger partial charge is 0.478 e. The first-order chi connectivity index (χ1) is 13.0. The van der Waals surface area contributed by atoms with Crippen molar-refractivity contribution in [1.82, 2.24) is 4.90 Å². The molecular formula is C21H31NO6. The minimum atomic E-state index is -2.06. The summed E-state index contributed by atoms with van der Waals surface area (Å²) < 4.78 is 11.3. The van der Waals surface area contributed by atoms with Crippen LogP contribution in [0.15, 0.2) is 30.3 Å². The number of carbonyl (C=O) groups is 3. The Hall–Kier alpha value is -2.41. The maximum atomic E-state index is 12.7. The minimum Gasteiger partial charge on any atom is -0.478 e. The van der Waals surface area contributed by atoms with Crippen LogP contribution < -0.4 is 0 Å². The second-order valence-electron chi connectivity index (χ2n) is 8.07. The quantitative estimate of drug-likeness (QED) is 0.508. The molecule has 2 atom stereocenters. The normalized spacial score (nSPS) is 14.8. The van der Waals surface area contributed by atoms with Crippen molar-refractivity contribution in [3.63, 3.8) is 0 Å². The third-order valence-corrected chi connectivity index (χ3v) is 4.43. The molecule has 0 aliphatic rings. The summed E-state index contributed by atoms with van der Waals surface area (Å²) >= 11 is 0. The first-order valence-corrected chi connectivity index (χ1v) is 9.27. The molecule has 0 heterocycles. The van der Waals surface area contributed by atoms with Crippen LogP contribution in [0.2, 0.25) is 0 Å².